The highest BCUT2D eigenvalue weighted by Gasteiger charge is 2.46. The Bertz CT molecular complexity index is 667. The maximum atomic E-state index is 12.2. The fraction of sp³-hybridized carbons (Fsp3) is 0.556. The Labute approximate surface area is 156 Å². The van der Waals surface area contributed by atoms with Gasteiger partial charge in [-0.15, -0.1) is 0 Å². The first-order chi connectivity index (χ1) is 12.8. The van der Waals surface area contributed by atoms with E-state index in [1.54, 1.807) is 19.1 Å². The van der Waals surface area contributed by atoms with Crippen molar-refractivity contribution in [2.45, 2.75) is 51.0 Å². The Morgan fingerprint density at radius 3 is 2.48 bits per heavy atom. The molecule has 1 aliphatic heterocycles. The number of carbonyl (C=O) groups excluding carboxylic acids is 2. The van der Waals surface area contributed by atoms with Crippen LogP contribution in [-0.4, -0.2) is 64.6 Å². The summed E-state index contributed by atoms with van der Waals surface area (Å²) in [7, 11) is 0. The van der Waals surface area contributed by atoms with Gasteiger partial charge in [-0.1, -0.05) is 26.0 Å². The van der Waals surface area contributed by atoms with Crippen molar-refractivity contribution in [2.75, 3.05) is 12.3 Å². The predicted octanol–water partition coefficient (Wildman–Crippen LogP) is -0.177. The van der Waals surface area contributed by atoms with Crippen LogP contribution < -0.4 is 5.73 Å². The summed E-state index contributed by atoms with van der Waals surface area (Å²) in [6, 6.07) is 6.16. The first kappa shape index (κ1) is 21.1. The van der Waals surface area contributed by atoms with Gasteiger partial charge < -0.3 is 35.3 Å². The highest BCUT2D eigenvalue weighted by molar-refractivity contribution is 5.95. The van der Waals surface area contributed by atoms with E-state index in [-0.39, 0.29) is 23.8 Å². The van der Waals surface area contributed by atoms with Gasteiger partial charge in [-0.3, -0.25) is 4.79 Å². The van der Waals surface area contributed by atoms with Gasteiger partial charge in [-0.25, -0.2) is 4.79 Å². The molecule has 1 fully saturated rings. The van der Waals surface area contributed by atoms with Gasteiger partial charge in [0, 0.05) is 5.69 Å². The van der Waals surface area contributed by atoms with Crippen molar-refractivity contribution in [1.82, 2.24) is 0 Å². The lowest BCUT2D eigenvalue weighted by atomic mass is 9.99. The molecule has 27 heavy (non-hydrogen) atoms. The summed E-state index contributed by atoms with van der Waals surface area (Å²) < 4.78 is 15.5. The number of rotatable bonds is 6. The fourth-order valence-electron chi connectivity index (χ4n) is 2.48. The molecule has 0 bridgehead atoms. The second kappa shape index (κ2) is 9.14. The molecule has 1 aromatic carbocycles. The van der Waals surface area contributed by atoms with E-state index in [4.69, 9.17) is 19.9 Å². The molecule has 2 rings (SSSR count). The van der Waals surface area contributed by atoms with Crippen LogP contribution in [-0.2, 0) is 19.0 Å². The van der Waals surface area contributed by atoms with Crippen molar-refractivity contribution in [3.63, 3.8) is 0 Å². The number of aliphatic hydroxyl groups is 3. The number of anilines is 1. The minimum absolute atomic E-state index is 0.0636. The van der Waals surface area contributed by atoms with Crippen LogP contribution in [0.3, 0.4) is 0 Å². The summed E-state index contributed by atoms with van der Waals surface area (Å²) in [5, 5.41) is 30.1. The molecule has 1 heterocycles. The van der Waals surface area contributed by atoms with Crippen LogP contribution in [0.15, 0.2) is 24.3 Å². The maximum Gasteiger partial charge on any atom is 0.342 e. The minimum atomic E-state index is -1.68. The zero-order valence-corrected chi connectivity index (χ0v) is 15.1. The zero-order valence-electron chi connectivity index (χ0n) is 15.1. The lowest BCUT2D eigenvalue weighted by molar-refractivity contribution is -0.286. The van der Waals surface area contributed by atoms with Gasteiger partial charge in [0.25, 0.3) is 0 Å². The van der Waals surface area contributed by atoms with Gasteiger partial charge in [-0.2, -0.15) is 0 Å². The van der Waals surface area contributed by atoms with Gasteiger partial charge in [0.15, 0.2) is 0 Å². The summed E-state index contributed by atoms with van der Waals surface area (Å²) in [6.45, 7) is 3.15. The molecular formula is C18H25NO8. The monoisotopic (exact) mass is 383 g/mol. The number of benzene rings is 1. The molecule has 5 N–H and O–H groups in total. The van der Waals surface area contributed by atoms with Crippen LogP contribution in [0.5, 0.6) is 0 Å². The summed E-state index contributed by atoms with van der Waals surface area (Å²) in [6.07, 6.45) is -7.04. The quantitative estimate of drug-likeness (QED) is 0.388. The molecular weight excluding hydrogens is 358 g/mol. The molecule has 1 aliphatic rings. The average Bonchev–Trinajstić information content (AvgIpc) is 2.66. The topological polar surface area (TPSA) is 149 Å². The average molecular weight is 383 g/mol. The lowest BCUT2D eigenvalue weighted by Gasteiger charge is -2.39. The van der Waals surface area contributed by atoms with Gasteiger partial charge in [0.1, 0.15) is 31.0 Å². The first-order valence-electron chi connectivity index (χ1n) is 8.68. The molecule has 9 nitrogen and oxygen atoms in total. The standard InChI is InChI=1S/C18H25NO8/c1-3-9(2)16(23)25-8-12-13(20)14(21)15(22)18(26-12)27-17(24)10-6-4-5-7-11(10)19/h4-7,9,12-15,18,20-22H,3,8,19H2,1-2H3/t9?,12?,13-,14+,15?,18+/m1/s1. The van der Waals surface area contributed by atoms with E-state index < -0.39 is 42.6 Å². The van der Waals surface area contributed by atoms with Gasteiger partial charge in [0.05, 0.1) is 11.5 Å². The van der Waals surface area contributed by atoms with E-state index in [2.05, 4.69) is 0 Å². The summed E-state index contributed by atoms with van der Waals surface area (Å²) in [4.78, 5) is 24.0. The molecule has 0 saturated carbocycles. The molecule has 3 unspecified atom stereocenters. The number of carbonyl (C=O) groups is 2. The number of para-hydroxylation sites is 1. The predicted molar refractivity (Wildman–Crippen MR) is 93.4 cm³/mol. The Morgan fingerprint density at radius 1 is 1.19 bits per heavy atom. The number of hydrogen-bond donors (Lipinski definition) is 4. The molecule has 1 aromatic rings. The summed E-state index contributed by atoms with van der Waals surface area (Å²) >= 11 is 0. The molecule has 6 atom stereocenters. The molecule has 150 valence electrons. The third kappa shape index (κ3) is 4.95. The van der Waals surface area contributed by atoms with E-state index in [1.165, 1.54) is 12.1 Å². The van der Waals surface area contributed by atoms with E-state index in [0.717, 1.165) is 0 Å². The first-order valence-corrected chi connectivity index (χ1v) is 8.68. The molecule has 0 radical (unpaired) electrons. The van der Waals surface area contributed by atoms with Crippen molar-refractivity contribution >= 4 is 17.6 Å². The molecule has 0 aliphatic carbocycles. The van der Waals surface area contributed by atoms with Crippen LogP contribution in [0, 0.1) is 5.92 Å². The van der Waals surface area contributed by atoms with Crippen molar-refractivity contribution in [2.24, 2.45) is 5.92 Å². The fourth-order valence-corrected chi connectivity index (χ4v) is 2.48. The van der Waals surface area contributed by atoms with E-state index in [1.807, 2.05) is 6.92 Å². The Kier molecular flexibility index (Phi) is 7.14. The van der Waals surface area contributed by atoms with Crippen LogP contribution in [0.25, 0.3) is 0 Å². The number of nitrogens with two attached hydrogens (primary N) is 1. The van der Waals surface area contributed by atoms with Crippen molar-refractivity contribution < 1.29 is 39.1 Å². The normalized spacial score (nSPS) is 29.0. The largest absolute Gasteiger partial charge is 0.463 e. The van der Waals surface area contributed by atoms with Crippen LogP contribution >= 0.6 is 0 Å². The van der Waals surface area contributed by atoms with E-state index in [0.29, 0.717) is 6.42 Å². The molecule has 0 aromatic heterocycles. The third-order valence-electron chi connectivity index (χ3n) is 4.48. The summed E-state index contributed by atoms with van der Waals surface area (Å²) in [5.41, 5.74) is 5.95. The molecule has 1 saturated heterocycles. The molecule has 9 heteroatoms. The van der Waals surface area contributed by atoms with E-state index in [9.17, 15) is 24.9 Å². The Hall–Kier alpha value is -2.20. The molecule has 0 amide bonds. The number of ether oxygens (including phenoxy) is 3. The number of aliphatic hydroxyl groups excluding tert-OH is 3. The smallest absolute Gasteiger partial charge is 0.342 e. The Balaban J connectivity index is 2.04. The third-order valence-corrected chi connectivity index (χ3v) is 4.48. The maximum absolute atomic E-state index is 12.2. The van der Waals surface area contributed by atoms with Gasteiger partial charge in [0.2, 0.25) is 6.29 Å². The lowest BCUT2D eigenvalue weighted by Crippen LogP contribution is -2.59. The number of esters is 2. The molecule has 0 spiro atoms. The second-order valence-electron chi connectivity index (χ2n) is 6.45. The summed E-state index contributed by atoms with van der Waals surface area (Å²) in [5.74, 6) is -1.69. The zero-order chi connectivity index (χ0) is 20.1. The van der Waals surface area contributed by atoms with Crippen LogP contribution in [0.4, 0.5) is 5.69 Å². The highest BCUT2D eigenvalue weighted by Crippen LogP contribution is 2.24. The number of hydrogen-bond acceptors (Lipinski definition) is 9. The van der Waals surface area contributed by atoms with Crippen LogP contribution in [0.2, 0.25) is 0 Å². The van der Waals surface area contributed by atoms with Crippen molar-refractivity contribution in [1.29, 1.82) is 0 Å². The van der Waals surface area contributed by atoms with Gasteiger partial charge in [-0.05, 0) is 18.6 Å². The second-order valence-corrected chi connectivity index (χ2v) is 6.45. The Morgan fingerprint density at radius 2 is 1.85 bits per heavy atom. The minimum Gasteiger partial charge on any atom is -0.463 e. The van der Waals surface area contributed by atoms with Crippen molar-refractivity contribution in [3.8, 4) is 0 Å². The van der Waals surface area contributed by atoms with Crippen molar-refractivity contribution in [3.05, 3.63) is 29.8 Å². The SMILES string of the molecule is CCC(C)C(=O)OCC1O[C@@H](OC(=O)c2ccccc2N)C(O)[C@@H](O)[C@@H]1O. The van der Waals surface area contributed by atoms with Gasteiger partial charge >= 0.3 is 11.9 Å². The van der Waals surface area contributed by atoms with E-state index >= 15 is 0 Å². The number of nitrogen functional groups attached to an aromatic ring is 1. The highest BCUT2D eigenvalue weighted by atomic mass is 16.7. The van der Waals surface area contributed by atoms with Crippen LogP contribution in [0.1, 0.15) is 30.6 Å².